The maximum Gasteiger partial charge on any atom is 0.310 e. The summed E-state index contributed by atoms with van der Waals surface area (Å²) in [5.41, 5.74) is 2.89. The maximum absolute atomic E-state index is 11.0. The second kappa shape index (κ2) is 7.28. The third-order valence-corrected chi connectivity index (χ3v) is 3.47. The van der Waals surface area contributed by atoms with Gasteiger partial charge >= 0.3 is 5.69 Å². The molecule has 0 heterocycles. The Morgan fingerprint density at radius 2 is 1.46 bits per heavy atom. The number of nitrogens with zero attached hydrogens (tertiary/aromatic N) is 1. The monoisotopic (exact) mass is 320 g/mol. The Hall–Kier alpha value is -3.34. The van der Waals surface area contributed by atoms with Crippen molar-refractivity contribution in [2.24, 2.45) is 0 Å². The summed E-state index contributed by atoms with van der Waals surface area (Å²) in [6, 6.07) is 24.0. The molecule has 0 unspecified atom stereocenters. The van der Waals surface area contributed by atoms with Crippen molar-refractivity contribution >= 4 is 17.1 Å². The Morgan fingerprint density at radius 3 is 2.17 bits per heavy atom. The van der Waals surface area contributed by atoms with Crippen LogP contribution in [0.5, 0.6) is 5.75 Å². The number of nitro benzene ring substituents is 1. The van der Waals surface area contributed by atoms with Crippen molar-refractivity contribution in [1.29, 1.82) is 0 Å². The van der Waals surface area contributed by atoms with E-state index >= 15 is 0 Å². The maximum atomic E-state index is 11.0. The van der Waals surface area contributed by atoms with Crippen molar-refractivity contribution < 1.29 is 9.66 Å². The molecule has 0 aliphatic rings. The molecule has 0 radical (unpaired) electrons. The molecule has 3 aromatic carbocycles. The predicted molar refractivity (Wildman–Crippen MR) is 93.6 cm³/mol. The van der Waals surface area contributed by atoms with Crippen LogP contribution in [0.25, 0.3) is 0 Å². The Balaban J connectivity index is 1.64. The van der Waals surface area contributed by atoms with E-state index in [2.05, 4.69) is 5.32 Å². The molecule has 0 bridgehead atoms. The van der Waals surface area contributed by atoms with Crippen LogP contribution in [-0.4, -0.2) is 4.92 Å². The molecule has 0 aliphatic heterocycles. The van der Waals surface area contributed by atoms with Gasteiger partial charge in [0.15, 0.2) is 5.75 Å². The molecule has 0 spiro atoms. The molecule has 3 rings (SSSR count). The number of nitrogens with one attached hydrogen (secondary N) is 1. The summed E-state index contributed by atoms with van der Waals surface area (Å²) in [4.78, 5) is 10.5. The first-order valence-corrected chi connectivity index (χ1v) is 7.49. The van der Waals surface area contributed by atoms with Crippen molar-refractivity contribution in [1.82, 2.24) is 0 Å². The van der Waals surface area contributed by atoms with Gasteiger partial charge in [-0.15, -0.1) is 0 Å². The number of hydrogen-bond acceptors (Lipinski definition) is 4. The Bertz CT molecular complexity index is 818. The van der Waals surface area contributed by atoms with E-state index in [1.54, 1.807) is 18.2 Å². The van der Waals surface area contributed by atoms with Crippen LogP contribution in [0.1, 0.15) is 5.56 Å². The van der Waals surface area contributed by atoms with Crippen molar-refractivity contribution in [3.63, 3.8) is 0 Å². The highest BCUT2D eigenvalue weighted by Crippen LogP contribution is 2.27. The number of nitro groups is 1. The number of ether oxygens (including phenoxy) is 1. The number of benzene rings is 3. The van der Waals surface area contributed by atoms with Crippen LogP contribution in [0.15, 0.2) is 78.9 Å². The number of hydrogen-bond donors (Lipinski definition) is 1. The highest BCUT2D eigenvalue weighted by molar-refractivity contribution is 5.59. The van der Waals surface area contributed by atoms with Crippen molar-refractivity contribution in [2.75, 3.05) is 5.32 Å². The molecule has 1 N–H and O–H groups in total. The van der Waals surface area contributed by atoms with E-state index in [0.29, 0.717) is 0 Å². The zero-order valence-corrected chi connectivity index (χ0v) is 12.9. The first-order chi connectivity index (χ1) is 11.7. The van der Waals surface area contributed by atoms with E-state index in [0.717, 1.165) is 16.9 Å². The van der Waals surface area contributed by atoms with Gasteiger partial charge in [-0.25, -0.2) is 0 Å². The van der Waals surface area contributed by atoms with Crippen molar-refractivity contribution in [3.05, 3.63) is 94.5 Å². The molecule has 5 heteroatoms. The quantitative estimate of drug-likeness (QED) is 0.517. The van der Waals surface area contributed by atoms with E-state index in [1.807, 2.05) is 54.6 Å². The van der Waals surface area contributed by atoms with Gasteiger partial charge in [-0.1, -0.05) is 42.5 Å². The average molecular weight is 320 g/mol. The van der Waals surface area contributed by atoms with Crippen LogP contribution >= 0.6 is 0 Å². The second-order valence-electron chi connectivity index (χ2n) is 5.20. The summed E-state index contributed by atoms with van der Waals surface area (Å²) in [6.07, 6.45) is 0. The van der Waals surface area contributed by atoms with E-state index in [-0.39, 0.29) is 18.0 Å². The zero-order chi connectivity index (χ0) is 16.8. The van der Waals surface area contributed by atoms with Crippen LogP contribution in [0.3, 0.4) is 0 Å². The molecule has 24 heavy (non-hydrogen) atoms. The van der Waals surface area contributed by atoms with Gasteiger partial charge in [0.05, 0.1) is 4.92 Å². The van der Waals surface area contributed by atoms with Gasteiger partial charge in [0, 0.05) is 17.4 Å². The number of para-hydroxylation sites is 3. The molecular formula is C19H16N2O3. The highest BCUT2D eigenvalue weighted by Gasteiger charge is 2.13. The fourth-order valence-electron chi connectivity index (χ4n) is 2.26. The Kier molecular flexibility index (Phi) is 4.72. The first-order valence-electron chi connectivity index (χ1n) is 7.49. The number of anilines is 2. The molecular weight excluding hydrogens is 304 g/mol. The lowest BCUT2D eigenvalue weighted by atomic mass is 10.2. The summed E-state index contributed by atoms with van der Waals surface area (Å²) >= 11 is 0. The standard InChI is InChI=1S/C19H16N2O3/c22-21(23)18-8-4-5-9-19(18)24-14-15-10-12-17(13-11-15)20-16-6-2-1-3-7-16/h1-13,20H,14H2. The van der Waals surface area contributed by atoms with E-state index < -0.39 is 4.92 Å². The van der Waals surface area contributed by atoms with Gasteiger partial charge in [-0.3, -0.25) is 10.1 Å². The molecule has 0 atom stereocenters. The molecule has 0 amide bonds. The Labute approximate surface area is 139 Å². The molecule has 3 aromatic rings. The SMILES string of the molecule is O=[N+]([O-])c1ccccc1OCc1ccc(Nc2ccccc2)cc1. The minimum absolute atomic E-state index is 0.0279. The average Bonchev–Trinajstić information content (AvgIpc) is 2.62. The lowest BCUT2D eigenvalue weighted by Gasteiger charge is -2.09. The Morgan fingerprint density at radius 1 is 0.833 bits per heavy atom. The van der Waals surface area contributed by atoms with E-state index in [9.17, 15) is 10.1 Å². The normalized spacial score (nSPS) is 10.2. The van der Waals surface area contributed by atoms with Crippen molar-refractivity contribution in [3.8, 4) is 5.75 Å². The third-order valence-electron chi connectivity index (χ3n) is 3.47. The van der Waals surface area contributed by atoms with Crippen LogP contribution in [-0.2, 0) is 6.61 Å². The minimum atomic E-state index is -0.442. The van der Waals surface area contributed by atoms with Crippen LogP contribution in [0.2, 0.25) is 0 Å². The summed E-state index contributed by atoms with van der Waals surface area (Å²) < 4.78 is 5.58. The summed E-state index contributed by atoms with van der Waals surface area (Å²) in [5.74, 6) is 0.272. The molecule has 0 saturated carbocycles. The zero-order valence-electron chi connectivity index (χ0n) is 12.9. The smallest absolute Gasteiger partial charge is 0.310 e. The van der Waals surface area contributed by atoms with Crippen LogP contribution < -0.4 is 10.1 Å². The lowest BCUT2D eigenvalue weighted by molar-refractivity contribution is -0.385. The van der Waals surface area contributed by atoms with Gasteiger partial charge in [0.1, 0.15) is 6.61 Å². The van der Waals surface area contributed by atoms with Crippen LogP contribution in [0.4, 0.5) is 17.1 Å². The van der Waals surface area contributed by atoms with Gasteiger partial charge in [0.2, 0.25) is 0 Å². The lowest BCUT2D eigenvalue weighted by Crippen LogP contribution is -1.99. The van der Waals surface area contributed by atoms with E-state index in [1.165, 1.54) is 6.07 Å². The summed E-state index contributed by atoms with van der Waals surface area (Å²) in [6.45, 7) is 0.274. The summed E-state index contributed by atoms with van der Waals surface area (Å²) in [7, 11) is 0. The minimum Gasteiger partial charge on any atom is -0.482 e. The topological polar surface area (TPSA) is 64.4 Å². The summed E-state index contributed by atoms with van der Waals surface area (Å²) in [5, 5.41) is 14.3. The fourth-order valence-corrected chi connectivity index (χ4v) is 2.26. The largest absolute Gasteiger partial charge is 0.482 e. The number of rotatable bonds is 6. The molecule has 0 saturated heterocycles. The van der Waals surface area contributed by atoms with Gasteiger partial charge in [0.25, 0.3) is 0 Å². The van der Waals surface area contributed by atoms with E-state index in [4.69, 9.17) is 4.74 Å². The second-order valence-corrected chi connectivity index (χ2v) is 5.20. The third kappa shape index (κ3) is 3.89. The van der Waals surface area contributed by atoms with Gasteiger partial charge in [-0.05, 0) is 35.9 Å². The predicted octanol–water partition coefficient (Wildman–Crippen LogP) is 4.92. The van der Waals surface area contributed by atoms with Crippen LogP contribution in [0, 0.1) is 10.1 Å². The van der Waals surface area contributed by atoms with Crippen molar-refractivity contribution in [2.45, 2.75) is 6.61 Å². The van der Waals surface area contributed by atoms with Gasteiger partial charge < -0.3 is 10.1 Å². The highest BCUT2D eigenvalue weighted by atomic mass is 16.6. The van der Waals surface area contributed by atoms with Gasteiger partial charge in [-0.2, -0.15) is 0 Å². The molecule has 5 nitrogen and oxygen atoms in total. The molecule has 0 aromatic heterocycles. The first kappa shape index (κ1) is 15.6. The fraction of sp³-hybridized carbons (Fsp3) is 0.0526. The molecule has 120 valence electrons. The molecule has 0 fully saturated rings. The molecule has 0 aliphatic carbocycles.